The lowest BCUT2D eigenvalue weighted by molar-refractivity contribution is 0.318. The van der Waals surface area contributed by atoms with Gasteiger partial charge in [-0.1, -0.05) is 32.9 Å². The van der Waals surface area contributed by atoms with Gasteiger partial charge < -0.3 is 10.9 Å². The second kappa shape index (κ2) is 9.57. The van der Waals surface area contributed by atoms with Crippen LogP contribution in [0.25, 0.3) is 0 Å². The molecule has 17 heavy (non-hydrogen) atoms. The van der Waals surface area contributed by atoms with Crippen molar-refractivity contribution in [1.29, 1.82) is 0 Å². The predicted octanol–water partition coefficient (Wildman–Crippen LogP) is 2.98. The zero-order chi connectivity index (χ0) is 14.0. The summed E-state index contributed by atoms with van der Waals surface area (Å²) in [6.45, 7) is 11.1. The number of aromatic nitrogens is 1. The first-order valence-electron chi connectivity index (χ1n) is 5.68. The third-order valence-corrected chi connectivity index (χ3v) is 1.68. The summed E-state index contributed by atoms with van der Waals surface area (Å²) < 4.78 is 13.1. The van der Waals surface area contributed by atoms with E-state index in [4.69, 9.17) is 10.9 Å². The first-order valence-corrected chi connectivity index (χ1v) is 5.68. The molecule has 98 valence electrons. The fourth-order valence-corrected chi connectivity index (χ4v) is 0.998. The van der Waals surface area contributed by atoms with Gasteiger partial charge in [-0.2, -0.15) is 0 Å². The molecule has 0 radical (unpaired) electrons. The van der Waals surface area contributed by atoms with Crippen molar-refractivity contribution in [2.24, 2.45) is 10.9 Å². The van der Waals surface area contributed by atoms with Gasteiger partial charge in [0.15, 0.2) is 5.84 Å². The van der Waals surface area contributed by atoms with Crippen LogP contribution in [0.15, 0.2) is 11.2 Å². The molecule has 1 heterocycles. The van der Waals surface area contributed by atoms with Crippen LogP contribution >= 0.6 is 0 Å². The molecule has 0 aliphatic carbocycles. The third kappa shape index (κ3) is 5.29. The molecule has 0 aromatic carbocycles. The third-order valence-electron chi connectivity index (χ3n) is 1.68. The number of halogens is 1. The average molecular weight is 243 g/mol. The van der Waals surface area contributed by atoms with Gasteiger partial charge >= 0.3 is 0 Å². The van der Waals surface area contributed by atoms with E-state index in [2.05, 4.69) is 10.1 Å². The molecule has 0 saturated carbocycles. The lowest BCUT2D eigenvalue weighted by atomic mass is 10.2. The van der Waals surface area contributed by atoms with Crippen LogP contribution in [0.3, 0.4) is 0 Å². The Morgan fingerprint density at radius 2 is 1.76 bits per heavy atom. The van der Waals surface area contributed by atoms with E-state index in [9.17, 15) is 4.39 Å². The molecule has 1 aromatic heterocycles. The standard InChI is InChI=1S/C8H10FN3O.2C2H6/c1-4-3-6(8(10)12-13)11-5(2)7(4)9;2*1-2/h3,13H,1-2H3,(H2,10,12);2*1-2H3. The fraction of sp³-hybridized carbons (Fsp3) is 0.500. The van der Waals surface area contributed by atoms with Crippen molar-refractivity contribution in [3.63, 3.8) is 0 Å². The van der Waals surface area contributed by atoms with E-state index in [0.717, 1.165) is 0 Å². The molecule has 5 heteroatoms. The molecule has 0 fully saturated rings. The summed E-state index contributed by atoms with van der Waals surface area (Å²) in [6, 6.07) is 1.43. The van der Waals surface area contributed by atoms with E-state index in [1.165, 1.54) is 13.0 Å². The number of rotatable bonds is 1. The number of pyridine rings is 1. The Morgan fingerprint density at radius 1 is 1.29 bits per heavy atom. The monoisotopic (exact) mass is 243 g/mol. The molecule has 0 amide bonds. The second-order valence-corrected chi connectivity index (χ2v) is 2.71. The van der Waals surface area contributed by atoms with Crippen molar-refractivity contribution in [1.82, 2.24) is 4.98 Å². The van der Waals surface area contributed by atoms with E-state index in [-0.39, 0.29) is 23.0 Å². The Labute approximate surface area is 102 Å². The Kier molecular flexibility index (Phi) is 9.98. The van der Waals surface area contributed by atoms with Crippen molar-refractivity contribution in [2.75, 3.05) is 0 Å². The maximum Gasteiger partial charge on any atom is 0.188 e. The number of amidine groups is 1. The molecular formula is C12H22FN3O. The first-order chi connectivity index (χ1) is 8.06. The minimum atomic E-state index is -0.366. The van der Waals surface area contributed by atoms with Gasteiger partial charge in [-0.25, -0.2) is 9.37 Å². The molecule has 0 aliphatic heterocycles. The fourth-order valence-electron chi connectivity index (χ4n) is 0.998. The van der Waals surface area contributed by atoms with Gasteiger partial charge in [0, 0.05) is 0 Å². The van der Waals surface area contributed by atoms with Gasteiger partial charge in [-0.05, 0) is 25.5 Å². The van der Waals surface area contributed by atoms with Crippen molar-refractivity contribution in [3.05, 3.63) is 28.8 Å². The Hall–Kier alpha value is -1.65. The zero-order valence-corrected chi connectivity index (χ0v) is 11.4. The second-order valence-electron chi connectivity index (χ2n) is 2.71. The largest absolute Gasteiger partial charge is 0.409 e. The van der Waals surface area contributed by atoms with Gasteiger partial charge in [-0.3, -0.25) is 0 Å². The minimum absolute atomic E-state index is 0.119. The van der Waals surface area contributed by atoms with E-state index < -0.39 is 0 Å². The highest BCUT2D eigenvalue weighted by atomic mass is 19.1. The normalized spacial score (nSPS) is 9.71. The van der Waals surface area contributed by atoms with Crippen LogP contribution in [0.1, 0.15) is 44.6 Å². The summed E-state index contributed by atoms with van der Waals surface area (Å²) in [6.07, 6.45) is 0. The van der Waals surface area contributed by atoms with Crippen LogP contribution in [0.4, 0.5) is 4.39 Å². The number of nitrogens with two attached hydrogens (primary N) is 1. The molecule has 0 spiro atoms. The molecule has 1 aromatic rings. The van der Waals surface area contributed by atoms with Crippen LogP contribution in [0.5, 0.6) is 0 Å². The van der Waals surface area contributed by atoms with Gasteiger partial charge in [-0.15, -0.1) is 0 Å². The van der Waals surface area contributed by atoms with Gasteiger partial charge in [0.2, 0.25) is 0 Å². The predicted molar refractivity (Wildman–Crippen MR) is 68.9 cm³/mol. The summed E-state index contributed by atoms with van der Waals surface area (Å²) in [7, 11) is 0. The highest BCUT2D eigenvalue weighted by Crippen LogP contribution is 2.10. The SMILES string of the molecule is CC.CC.Cc1cc(/C(N)=N/O)nc(C)c1F. The number of nitrogens with zero attached hydrogens (tertiary/aromatic N) is 2. The van der Waals surface area contributed by atoms with Crippen LogP contribution in [0, 0.1) is 19.7 Å². The molecule has 0 aliphatic rings. The lowest BCUT2D eigenvalue weighted by Gasteiger charge is -2.03. The summed E-state index contributed by atoms with van der Waals surface area (Å²) >= 11 is 0. The quantitative estimate of drug-likeness (QED) is 0.345. The first kappa shape index (κ1) is 17.7. The van der Waals surface area contributed by atoms with E-state index in [1.54, 1.807) is 6.92 Å². The van der Waals surface area contributed by atoms with Crippen molar-refractivity contribution < 1.29 is 9.60 Å². The van der Waals surface area contributed by atoms with Crippen LogP contribution in [-0.2, 0) is 0 Å². The van der Waals surface area contributed by atoms with E-state index in [0.29, 0.717) is 5.56 Å². The Bertz CT molecular complexity index is 342. The highest BCUT2D eigenvalue weighted by molar-refractivity contribution is 5.95. The molecule has 3 N–H and O–H groups in total. The van der Waals surface area contributed by atoms with Crippen LogP contribution in [-0.4, -0.2) is 16.0 Å². The van der Waals surface area contributed by atoms with Crippen molar-refractivity contribution >= 4 is 5.84 Å². The molecule has 1 rings (SSSR count). The van der Waals surface area contributed by atoms with Gasteiger partial charge in [0.05, 0.1) is 5.69 Å². The van der Waals surface area contributed by atoms with Crippen molar-refractivity contribution in [2.45, 2.75) is 41.5 Å². The Balaban J connectivity index is 0. The highest BCUT2D eigenvalue weighted by Gasteiger charge is 2.08. The molecular weight excluding hydrogens is 221 g/mol. The number of oxime groups is 1. The number of hydrogen-bond acceptors (Lipinski definition) is 3. The Morgan fingerprint density at radius 3 is 2.12 bits per heavy atom. The van der Waals surface area contributed by atoms with E-state index in [1.807, 2.05) is 27.7 Å². The number of aryl methyl sites for hydroxylation is 2. The maximum absolute atomic E-state index is 13.1. The molecule has 0 unspecified atom stereocenters. The summed E-state index contributed by atoms with van der Waals surface area (Å²) in [5.41, 5.74) is 6.24. The zero-order valence-electron chi connectivity index (χ0n) is 11.4. The lowest BCUT2D eigenvalue weighted by Crippen LogP contribution is -2.16. The van der Waals surface area contributed by atoms with Crippen LogP contribution < -0.4 is 5.73 Å². The van der Waals surface area contributed by atoms with Gasteiger partial charge in [0.25, 0.3) is 0 Å². The van der Waals surface area contributed by atoms with Crippen molar-refractivity contribution in [3.8, 4) is 0 Å². The topological polar surface area (TPSA) is 71.5 Å². The molecule has 0 atom stereocenters. The smallest absolute Gasteiger partial charge is 0.188 e. The van der Waals surface area contributed by atoms with Crippen LogP contribution in [0.2, 0.25) is 0 Å². The molecule has 0 bridgehead atoms. The molecule has 0 saturated heterocycles. The maximum atomic E-state index is 13.1. The summed E-state index contributed by atoms with van der Waals surface area (Å²) in [4.78, 5) is 3.81. The van der Waals surface area contributed by atoms with E-state index >= 15 is 0 Å². The number of hydrogen-bond donors (Lipinski definition) is 2. The molecule has 4 nitrogen and oxygen atoms in total. The van der Waals surface area contributed by atoms with Gasteiger partial charge in [0.1, 0.15) is 11.5 Å². The summed E-state index contributed by atoms with van der Waals surface area (Å²) in [5.74, 6) is -0.485. The average Bonchev–Trinajstić information content (AvgIpc) is 2.39. The minimum Gasteiger partial charge on any atom is -0.409 e. The summed E-state index contributed by atoms with van der Waals surface area (Å²) in [5, 5.41) is 11.1.